The van der Waals surface area contributed by atoms with E-state index >= 15 is 0 Å². The number of pyridine rings is 1. The van der Waals surface area contributed by atoms with Gasteiger partial charge in [-0.25, -0.2) is 4.79 Å². The lowest BCUT2D eigenvalue weighted by Crippen LogP contribution is -2.34. The highest BCUT2D eigenvalue weighted by molar-refractivity contribution is 5.88. The van der Waals surface area contributed by atoms with Crippen molar-refractivity contribution in [3.8, 4) is 11.1 Å². The van der Waals surface area contributed by atoms with E-state index in [4.69, 9.17) is 0 Å². The number of hydrogen-bond donors (Lipinski definition) is 0. The first-order valence-electron chi connectivity index (χ1n) is 9.97. The fraction of sp³-hybridized carbons (Fsp3) is 0.391. The number of aromatic nitrogens is 1. The quantitative estimate of drug-likeness (QED) is 0.604. The second-order valence-corrected chi connectivity index (χ2v) is 8.35. The summed E-state index contributed by atoms with van der Waals surface area (Å²) in [6.45, 7) is 2.10. The van der Waals surface area contributed by atoms with E-state index in [-0.39, 0.29) is 5.56 Å². The van der Waals surface area contributed by atoms with Gasteiger partial charge >= 0.3 is 0 Å². The third kappa shape index (κ3) is 2.74. The third-order valence-electron chi connectivity index (χ3n) is 6.69. The number of allylic oxidation sites excluding steroid dienone is 1. The number of aliphatic imine (C=N–C) groups is 1. The number of benzene rings is 1. The van der Waals surface area contributed by atoms with E-state index in [2.05, 4.69) is 16.0 Å². The Bertz CT molecular complexity index is 1090. The van der Waals surface area contributed by atoms with E-state index in [9.17, 15) is 9.59 Å². The Kier molecular flexibility index (Phi) is 3.88. The minimum Gasteiger partial charge on any atom is -0.371 e. The lowest BCUT2D eigenvalue weighted by atomic mass is 9.91. The van der Waals surface area contributed by atoms with Gasteiger partial charge in [-0.2, -0.15) is 4.99 Å². The van der Waals surface area contributed by atoms with Crippen LogP contribution in [0.1, 0.15) is 36.8 Å². The van der Waals surface area contributed by atoms with Crippen molar-refractivity contribution >= 4 is 23.5 Å². The highest BCUT2D eigenvalue weighted by atomic mass is 16.1. The number of anilines is 1. The van der Waals surface area contributed by atoms with Crippen LogP contribution in [-0.4, -0.2) is 23.7 Å². The van der Waals surface area contributed by atoms with Crippen LogP contribution in [0.3, 0.4) is 0 Å². The molecule has 2 heterocycles. The highest BCUT2D eigenvalue weighted by Crippen LogP contribution is 2.54. The fourth-order valence-corrected chi connectivity index (χ4v) is 4.75. The molecule has 3 aliphatic rings. The Morgan fingerprint density at radius 2 is 1.89 bits per heavy atom. The normalized spacial score (nSPS) is 18.8. The molecule has 1 aromatic heterocycles. The predicted molar refractivity (Wildman–Crippen MR) is 111 cm³/mol. The minimum absolute atomic E-state index is 0.0565. The van der Waals surface area contributed by atoms with Gasteiger partial charge in [-0.3, -0.25) is 4.79 Å². The molecule has 0 amide bonds. The van der Waals surface area contributed by atoms with Crippen LogP contribution in [0.25, 0.3) is 17.2 Å². The standard InChI is InChI=1S/C23H23N3O2/c1-25-14-20(17-3-2-4-18(17)22(25)28)19-13-16(24-15-27)5-6-21(19)26-11-9-23(7-8-23)10-12-26/h2-3,5-6,13-14H,4,7-12H2,1H3. The van der Waals surface area contributed by atoms with Gasteiger partial charge < -0.3 is 9.47 Å². The summed E-state index contributed by atoms with van der Waals surface area (Å²) >= 11 is 0. The molecule has 1 aliphatic heterocycles. The number of nitrogens with zero attached hydrogens (tertiary/aromatic N) is 3. The second kappa shape index (κ2) is 6.32. The van der Waals surface area contributed by atoms with Gasteiger partial charge in [0.1, 0.15) is 0 Å². The molecule has 5 rings (SSSR count). The van der Waals surface area contributed by atoms with Gasteiger partial charge in [-0.15, -0.1) is 0 Å². The fourth-order valence-electron chi connectivity index (χ4n) is 4.75. The summed E-state index contributed by atoms with van der Waals surface area (Å²) in [4.78, 5) is 29.6. The van der Waals surface area contributed by atoms with Crippen LogP contribution in [0.15, 0.2) is 40.3 Å². The van der Waals surface area contributed by atoms with Gasteiger partial charge in [0, 0.05) is 48.7 Å². The van der Waals surface area contributed by atoms with E-state index in [0.717, 1.165) is 41.0 Å². The molecule has 0 unspecified atom stereocenters. The van der Waals surface area contributed by atoms with Crippen molar-refractivity contribution in [3.05, 3.63) is 52.0 Å². The number of carbonyl (C=O) groups excluding carboxylic acids is 1. The maximum absolute atomic E-state index is 12.5. The Hall–Kier alpha value is -2.91. The molecule has 28 heavy (non-hydrogen) atoms. The van der Waals surface area contributed by atoms with E-state index in [0.29, 0.717) is 17.5 Å². The Balaban J connectivity index is 1.66. The van der Waals surface area contributed by atoms with Crippen molar-refractivity contribution in [2.75, 3.05) is 18.0 Å². The molecule has 0 atom stereocenters. The molecule has 1 spiro atoms. The molecular weight excluding hydrogens is 350 g/mol. The van der Waals surface area contributed by atoms with Crippen LogP contribution >= 0.6 is 0 Å². The average Bonchev–Trinajstić information content (AvgIpc) is 3.26. The van der Waals surface area contributed by atoms with Crippen LogP contribution < -0.4 is 10.5 Å². The Morgan fingerprint density at radius 1 is 1.11 bits per heavy atom. The van der Waals surface area contributed by atoms with E-state index in [1.165, 1.54) is 25.7 Å². The summed E-state index contributed by atoms with van der Waals surface area (Å²) < 4.78 is 1.66. The van der Waals surface area contributed by atoms with Crippen LogP contribution in [0.2, 0.25) is 0 Å². The summed E-state index contributed by atoms with van der Waals surface area (Å²) in [6.07, 6.45) is 13.5. The molecule has 5 heteroatoms. The number of rotatable bonds is 3. The van der Waals surface area contributed by atoms with E-state index in [1.807, 2.05) is 30.5 Å². The van der Waals surface area contributed by atoms with Crippen molar-refractivity contribution < 1.29 is 4.79 Å². The molecule has 2 aromatic rings. The highest BCUT2D eigenvalue weighted by Gasteiger charge is 2.44. The number of piperidine rings is 1. The van der Waals surface area contributed by atoms with Crippen molar-refractivity contribution in [3.63, 3.8) is 0 Å². The summed E-state index contributed by atoms with van der Waals surface area (Å²) in [5, 5.41) is 0. The predicted octanol–water partition coefficient (Wildman–Crippen LogP) is 3.97. The topological polar surface area (TPSA) is 54.7 Å². The zero-order chi connectivity index (χ0) is 19.3. The number of hydrogen-bond acceptors (Lipinski definition) is 4. The SMILES string of the molecule is Cn1cc(-c2cc(N=C=O)ccc2N2CCC3(CC2)CC3)c2c(c1=O)CC=C2. The second-order valence-electron chi connectivity index (χ2n) is 8.35. The molecule has 0 radical (unpaired) electrons. The number of isocyanates is 1. The molecule has 142 valence electrons. The van der Waals surface area contributed by atoms with Crippen LogP contribution in [-0.2, 0) is 18.3 Å². The molecule has 0 bridgehead atoms. The first kappa shape index (κ1) is 17.2. The van der Waals surface area contributed by atoms with Crippen molar-refractivity contribution in [2.24, 2.45) is 17.5 Å². The summed E-state index contributed by atoms with van der Waals surface area (Å²) in [6, 6.07) is 5.89. The Labute approximate surface area is 164 Å². The van der Waals surface area contributed by atoms with Crippen LogP contribution in [0.4, 0.5) is 11.4 Å². The smallest absolute Gasteiger partial charge is 0.254 e. The first-order chi connectivity index (χ1) is 13.6. The molecule has 5 nitrogen and oxygen atoms in total. The van der Waals surface area contributed by atoms with Crippen molar-refractivity contribution in [1.29, 1.82) is 0 Å². The molecule has 1 aromatic carbocycles. The average molecular weight is 373 g/mol. The van der Waals surface area contributed by atoms with Gasteiger partial charge in [0.2, 0.25) is 6.08 Å². The van der Waals surface area contributed by atoms with Crippen molar-refractivity contribution in [2.45, 2.75) is 32.1 Å². The van der Waals surface area contributed by atoms with Crippen LogP contribution in [0, 0.1) is 5.41 Å². The van der Waals surface area contributed by atoms with Crippen LogP contribution in [0.5, 0.6) is 0 Å². The zero-order valence-electron chi connectivity index (χ0n) is 16.1. The molecular formula is C23H23N3O2. The maximum atomic E-state index is 12.5. The van der Waals surface area contributed by atoms with Gasteiger partial charge in [0.15, 0.2) is 0 Å². The summed E-state index contributed by atoms with van der Waals surface area (Å²) in [7, 11) is 1.80. The van der Waals surface area contributed by atoms with E-state index < -0.39 is 0 Å². The van der Waals surface area contributed by atoms with E-state index in [1.54, 1.807) is 17.7 Å². The number of fused-ring (bicyclic) bond motifs is 1. The molecule has 2 fully saturated rings. The summed E-state index contributed by atoms with van der Waals surface area (Å²) in [5.74, 6) is 0. The van der Waals surface area contributed by atoms with Gasteiger partial charge in [0.25, 0.3) is 5.56 Å². The van der Waals surface area contributed by atoms with Gasteiger partial charge in [-0.05, 0) is 61.3 Å². The van der Waals surface area contributed by atoms with Gasteiger partial charge in [-0.1, -0.05) is 12.2 Å². The largest absolute Gasteiger partial charge is 0.371 e. The molecule has 0 N–H and O–H groups in total. The molecule has 1 saturated heterocycles. The minimum atomic E-state index is 0.0565. The summed E-state index contributed by atoms with van der Waals surface area (Å²) in [5.41, 5.74) is 6.30. The maximum Gasteiger partial charge on any atom is 0.254 e. The third-order valence-corrected chi connectivity index (χ3v) is 6.69. The molecule has 2 aliphatic carbocycles. The number of aryl methyl sites for hydroxylation is 1. The van der Waals surface area contributed by atoms with Crippen molar-refractivity contribution in [1.82, 2.24) is 4.57 Å². The Morgan fingerprint density at radius 3 is 2.61 bits per heavy atom. The zero-order valence-corrected chi connectivity index (χ0v) is 16.1. The lowest BCUT2D eigenvalue weighted by Gasteiger charge is -2.35. The van der Waals surface area contributed by atoms with Gasteiger partial charge in [0.05, 0.1) is 5.69 Å². The lowest BCUT2D eigenvalue weighted by molar-refractivity contribution is 0.384. The first-order valence-corrected chi connectivity index (χ1v) is 9.97. The molecule has 1 saturated carbocycles. The monoisotopic (exact) mass is 373 g/mol.